The zero-order valence-corrected chi connectivity index (χ0v) is 12.0. The average molecular weight is 277 g/mol. The van der Waals surface area contributed by atoms with E-state index in [1.165, 1.54) is 11.3 Å². The van der Waals surface area contributed by atoms with Crippen molar-refractivity contribution in [1.82, 2.24) is 10.3 Å². The monoisotopic (exact) mass is 277 g/mol. The van der Waals surface area contributed by atoms with Gasteiger partial charge in [0.2, 0.25) is 10.0 Å². The lowest BCUT2D eigenvalue weighted by Gasteiger charge is -2.04. The Balaban J connectivity index is 2.49. The Morgan fingerprint density at radius 2 is 2.00 bits per heavy atom. The molecule has 0 amide bonds. The summed E-state index contributed by atoms with van der Waals surface area (Å²) >= 11 is 1.37. The molecule has 0 fully saturated rings. The molecule has 0 unspecified atom stereocenters. The molecule has 0 aliphatic heterocycles. The lowest BCUT2D eigenvalue weighted by Crippen LogP contribution is -2.18. The number of hydrogen-bond donors (Lipinski definition) is 2. The van der Waals surface area contributed by atoms with Crippen LogP contribution in [0.5, 0.6) is 0 Å². The van der Waals surface area contributed by atoms with Crippen LogP contribution in [0.1, 0.15) is 23.4 Å². The van der Waals surface area contributed by atoms with Crippen LogP contribution in [0.3, 0.4) is 0 Å². The Labute approximate surface area is 107 Å². The smallest absolute Gasteiger partial charge is 0.234 e. The topological polar surface area (TPSA) is 71.1 Å². The second-order valence-electron chi connectivity index (χ2n) is 3.89. The van der Waals surface area contributed by atoms with E-state index in [4.69, 9.17) is 0 Å². The first-order valence-corrected chi connectivity index (χ1v) is 8.00. The van der Waals surface area contributed by atoms with Gasteiger partial charge in [0.15, 0.2) is 5.13 Å². The first kappa shape index (κ1) is 14.4. The number of nitrogens with one attached hydrogen (secondary N) is 2. The molecular weight excluding hydrogens is 258 g/mol. The van der Waals surface area contributed by atoms with E-state index in [0.717, 1.165) is 23.5 Å². The molecule has 0 atom stereocenters. The standard InChI is InChI=1S/C10H19N3O2S2/c1-8-9(2)16-10(12-8)13-17(14,15)7-5-4-6-11-3/h11H,4-7H2,1-3H3,(H,12,13). The molecule has 98 valence electrons. The van der Waals surface area contributed by atoms with Gasteiger partial charge in [-0.1, -0.05) is 0 Å². The third-order valence-corrected chi connectivity index (χ3v) is 4.81. The van der Waals surface area contributed by atoms with E-state index in [0.29, 0.717) is 11.6 Å². The van der Waals surface area contributed by atoms with E-state index < -0.39 is 10.0 Å². The van der Waals surface area contributed by atoms with Gasteiger partial charge in [-0.3, -0.25) is 4.72 Å². The van der Waals surface area contributed by atoms with Crippen molar-refractivity contribution >= 4 is 26.5 Å². The minimum absolute atomic E-state index is 0.145. The van der Waals surface area contributed by atoms with Crippen LogP contribution >= 0.6 is 11.3 Å². The van der Waals surface area contributed by atoms with Crippen LogP contribution in [0.15, 0.2) is 0 Å². The molecule has 0 saturated carbocycles. The molecule has 2 N–H and O–H groups in total. The number of aromatic nitrogens is 1. The van der Waals surface area contributed by atoms with Gasteiger partial charge in [-0.05, 0) is 40.3 Å². The average Bonchev–Trinajstić information content (AvgIpc) is 2.52. The van der Waals surface area contributed by atoms with Gasteiger partial charge >= 0.3 is 0 Å². The van der Waals surface area contributed by atoms with E-state index >= 15 is 0 Å². The first-order chi connectivity index (χ1) is 7.94. The molecule has 0 saturated heterocycles. The van der Waals surface area contributed by atoms with Crippen LogP contribution in [0.4, 0.5) is 5.13 Å². The van der Waals surface area contributed by atoms with Crippen LogP contribution in [0.25, 0.3) is 0 Å². The fraction of sp³-hybridized carbons (Fsp3) is 0.700. The number of rotatable bonds is 7. The molecule has 1 aromatic rings. The normalized spacial score (nSPS) is 11.7. The van der Waals surface area contributed by atoms with Gasteiger partial charge in [0.05, 0.1) is 11.4 Å². The van der Waals surface area contributed by atoms with E-state index in [1.807, 2.05) is 20.9 Å². The highest BCUT2D eigenvalue weighted by Crippen LogP contribution is 2.22. The lowest BCUT2D eigenvalue weighted by atomic mass is 10.3. The van der Waals surface area contributed by atoms with Crippen LogP contribution in [-0.4, -0.2) is 32.7 Å². The molecule has 7 heteroatoms. The molecule has 1 heterocycles. The van der Waals surface area contributed by atoms with Crippen molar-refractivity contribution in [3.05, 3.63) is 10.6 Å². The molecule has 0 radical (unpaired) electrons. The Bertz CT molecular complexity index is 435. The summed E-state index contributed by atoms with van der Waals surface area (Å²) in [6.07, 6.45) is 1.51. The second-order valence-corrected chi connectivity index (χ2v) is 6.94. The molecule has 0 bridgehead atoms. The number of thiazole rings is 1. The minimum Gasteiger partial charge on any atom is -0.320 e. The Hall–Kier alpha value is -0.660. The Morgan fingerprint density at radius 1 is 1.29 bits per heavy atom. The largest absolute Gasteiger partial charge is 0.320 e. The SMILES string of the molecule is CNCCCCS(=O)(=O)Nc1nc(C)c(C)s1. The highest BCUT2D eigenvalue weighted by molar-refractivity contribution is 7.92. The summed E-state index contributed by atoms with van der Waals surface area (Å²) < 4.78 is 26.0. The van der Waals surface area contributed by atoms with Crippen molar-refractivity contribution in [2.24, 2.45) is 0 Å². The van der Waals surface area contributed by atoms with Gasteiger partial charge in [0.25, 0.3) is 0 Å². The summed E-state index contributed by atoms with van der Waals surface area (Å²) in [4.78, 5) is 5.20. The van der Waals surface area contributed by atoms with E-state index in [9.17, 15) is 8.42 Å². The maximum atomic E-state index is 11.7. The van der Waals surface area contributed by atoms with Crippen molar-refractivity contribution in [3.8, 4) is 0 Å². The number of nitrogens with zero attached hydrogens (tertiary/aromatic N) is 1. The number of aryl methyl sites for hydroxylation is 2. The molecule has 1 rings (SSSR count). The summed E-state index contributed by atoms with van der Waals surface area (Å²) in [5, 5.41) is 3.46. The summed E-state index contributed by atoms with van der Waals surface area (Å²) in [6.45, 7) is 4.64. The predicted octanol–water partition coefficient (Wildman–Crippen LogP) is 1.50. The highest BCUT2D eigenvalue weighted by atomic mass is 32.2. The van der Waals surface area contributed by atoms with Crippen molar-refractivity contribution in [1.29, 1.82) is 0 Å². The van der Waals surface area contributed by atoms with E-state index in [1.54, 1.807) is 0 Å². The molecule has 5 nitrogen and oxygen atoms in total. The Kier molecular flexibility index (Phi) is 5.35. The zero-order valence-electron chi connectivity index (χ0n) is 10.4. The van der Waals surface area contributed by atoms with Crippen molar-refractivity contribution < 1.29 is 8.42 Å². The summed E-state index contributed by atoms with van der Waals surface area (Å²) in [5.41, 5.74) is 0.878. The van der Waals surface area contributed by atoms with Crippen molar-refractivity contribution in [2.75, 3.05) is 24.1 Å². The Morgan fingerprint density at radius 3 is 2.53 bits per heavy atom. The zero-order chi connectivity index (χ0) is 12.9. The minimum atomic E-state index is -3.25. The fourth-order valence-electron chi connectivity index (χ4n) is 1.29. The van der Waals surface area contributed by atoms with Crippen molar-refractivity contribution in [3.63, 3.8) is 0 Å². The van der Waals surface area contributed by atoms with Gasteiger partial charge in [-0.15, -0.1) is 11.3 Å². The molecule has 17 heavy (non-hydrogen) atoms. The summed E-state index contributed by atoms with van der Waals surface area (Å²) in [5.74, 6) is 0.145. The third kappa shape index (κ3) is 5.01. The fourth-order valence-corrected chi connectivity index (χ4v) is 3.51. The van der Waals surface area contributed by atoms with Crippen LogP contribution in [-0.2, 0) is 10.0 Å². The summed E-state index contributed by atoms with van der Waals surface area (Å²) in [7, 11) is -1.39. The number of hydrogen-bond acceptors (Lipinski definition) is 5. The second kappa shape index (κ2) is 6.32. The first-order valence-electron chi connectivity index (χ1n) is 5.54. The number of unbranched alkanes of at least 4 members (excludes halogenated alkanes) is 1. The molecule has 0 aliphatic carbocycles. The van der Waals surface area contributed by atoms with Gasteiger partial charge in [-0.25, -0.2) is 13.4 Å². The van der Waals surface area contributed by atoms with Crippen LogP contribution < -0.4 is 10.0 Å². The number of sulfonamides is 1. The molecule has 0 spiro atoms. The molecule has 0 aromatic carbocycles. The van der Waals surface area contributed by atoms with Gasteiger partial charge in [-0.2, -0.15) is 0 Å². The number of anilines is 1. The van der Waals surface area contributed by atoms with Crippen molar-refractivity contribution in [2.45, 2.75) is 26.7 Å². The maximum absolute atomic E-state index is 11.7. The maximum Gasteiger partial charge on any atom is 0.234 e. The van der Waals surface area contributed by atoms with Gasteiger partial charge in [0, 0.05) is 4.88 Å². The van der Waals surface area contributed by atoms with E-state index in [2.05, 4.69) is 15.0 Å². The molecule has 1 aromatic heterocycles. The third-order valence-electron chi connectivity index (χ3n) is 2.36. The molecule has 0 aliphatic rings. The molecular formula is C10H19N3O2S2. The van der Waals surface area contributed by atoms with Gasteiger partial charge in [0.1, 0.15) is 0 Å². The van der Waals surface area contributed by atoms with Crippen LogP contribution in [0, 0.1) is 13.8 Å². The predicted molar refractivity (Wildman–Crippen MR) is 72.2 cm³/mol. The highest BCUT2D eigenvalue weighted by Gasteiger charge is 2.13. The van der Waals surface area contributed by atoms with Crippen LogP contribution in [0.2, 0.25) is 0 Å². The van der Waals surface area contributed by atoms with E-state index in [-0.39, 0.29) is 5.75 Å². The quantitative estimate of drug-likeness (QED) is 0.741. The van der Waals surface area contributed by atoms with Gasteiger partial charge < -0.3 is 5.32 Å². The summed E-state index contributed by atoms with van der Waals surface area (Å²) in [6, 6.07) is 0. The lowest BCUT2D eigenvalue weighted by molar-refractivity contribution is 0.595.